The first-order valence-electron chi connectivity index (χ1n) is 7.36. The quantitative estimate of drug-likeness (QED) is 0.905. The number of pyridine rings is 1. The lowest BCUT2D eigenvalue weighted by molar-refractivity contribution is 0.247. The van der Waals surface area contributed by atoms with Crippen LogP contribution in [0.25, 0.3) is 0 Å². The zero-order chi connectivity index (χ0) is 13.7. The molecule has 0 aliphatic carbocycles. The lowest BCUT2D eigenvalue weighted by Gasteiger charge is -2.22. The third-order valence-corrected chi connectivity index (χ3v) is 3.78. The second-order valence-electron chi connectivity index (χ2n) is 6.48. The number of piperidine rings is 1. The maximum atomic E-state index is 5.74. The Kier molecular flexibility index (Phi) is 4.81. The Morgan fingerprint density at radius 3 is 2.79 bits per heavy atom. The molecule has 0 bridgehead atoms. The zero-order valence-electron chi connectivity index (χ0n) is 12.4. The maximum Gasteiger partial charge on any atom is 0.213 e. The van der Waals surface area contributed by atoms with Crippen LogP contribution < -0.4 is 10.1 Å². The Morgan fingerprint density at radius 2 is 2.21 bits per heavy atom. The summed E-state index contributed by atoms with van der Waals surface area (Å²) >= 11 is 0. The van der Waals surface area contributed by atoms with Gasteiger partial charge in [-0.1, -0.05) is 26.8 Å². The summed E-state index contributed by atoms with van der Waals surface area (Å²) in [5.74, 6) is 1.51. The van der Waals surface area contributed by atoms with E-state index in [0.717, 1.165) is 31.4 Å². The summed E-state index contributed by atoms with van der Waals surface area (Å²) in [6, 6.07) is 4.10. The smallest absolute Gasteiger partial charge is 0.213 e. The van der Waals surface area contributed by atoms with Gasteiger partial charge in [-0.25, -0.2) is 4.98 Å². The minimum atomic E-state index is 0.152. The van der Waals surface area contributed by atoms with E-state index in [1.54, 1.807) is 0 Å². The summed E-state index contributed by atoms with van der Waals surface area (Å²) < 4.78 is 5.74. The van der Waals surface area contributed by atoms with Gasteiger partial charge in [0.1, 0.15) is 0 Å². The molecule has 0 radical (unpaired) electrons. The van der Waals surface area contributed by atoms with Crippen molar-refractivity contribution in [2.24, 2.45) is 5.92 Å². The van der Waals surface area contributed by atoms with Gasteiger partial charge in [-0.05, 0) is 49.2 Å². The van der Waals surface area contributed by atoms with Gasteiger partial charge in [0, 0.05) is 12.3 Å². The summed E-state index contributed by atoms with van der Waals surface area (Å²) in [6.45, 7) is 9.67. The van der Waals surface area contributed by atoms with E-state index in [4.69, 9.17) is 4.74 Å². The standard InChI is InChI=1S/C16H26N2O/c1-16(2,3)14-6-7-15(18-12-14)19-10-8-13-5-4-9-17-11-13/h6-7,12-13,17H,4-5,8-11H2,1-3H3. The van der Waals surface area contributed by atoms with Crippen LogP contribution in [0.4, 0.5) is 0 Å². The molecule has 0 spiro atoms. The maximum absolute atomic E-state index is 5.74. The molecule has 106 valence electrons. The van der Waals surface area contributed by atoms with Crippen molar-refractivity contribution in [2.75, 3.05) is 19.7 Å². The molecule has 1 aromatic heterocycles. The molecular formula is C16H26N2O. The predicted molar refractivity (Wildman–Crippen MR) is 78.6 cm³/mol. The van der Waals surface area contributed by atoms with Crippen molar-refractivity contribution in [1.29, 1.82) is 0 Å². The number of hydrogen-bond donors (Lipinski definition) is 1. The minimum absolute atomic E-state index is 0.152. The molecule has 0 saturated carbocycles. The van der Waals surface area contributed by atoms with Crippen molar-refractivity contribution in [3.63, 3.8) is 0 Å². The molecule has 1 saturated heterocycles. The first-order valence-corrected chi connectivity index (χ1v) is 7.36. The van der Waals surface area contributed by atoms with Crippen LogP contribution in [0.3, 0.4) is 0 Å². The third kappa shape index (κ3) is 4.50. The van der Waals surface area contributed by atoms with Crippen LogP contribution in [0.15, 0.2) is 18.3 Å². The molecule has 1 atom stereocenters. The molecule has 1 fully saturated rings. The number of rotatable bonds is 4. The molecule has 19 heavy (non-hydrogen) atoms. The second-order valence-corrected chi connectivity index (χ2v) is 6.48. The lowest BCUT2D eigenvalue weighted by atomic mass is 9.88. The lowest BCUT2D eigenvalue weighted by Crippen LogP contribution is -2.30. The fourth-order valence-corrected chi connectivity index (χ4v) is 2.41. The Labute approximate surface area is 116 Å². The predicted octanol–water partition coefficient (Wildman–Crippen LogP) is 3.15. The van der Waals surface area contributed by atoms with Gasteiger partial charge in [0.15, 0.2) is 0 Å². The molecule has 3 nitrogen and oxygen atoms in total. The summed E-state index contributed by atoms with van der Waals surface area (Å²) in [4.78, 5) is 4.39. The molecule has 1 N–H and O–H groups in total. The fourth-order valence-electron chi connectivity index (χ4n) is 2.41. The normalized spacial score (nSPS) is 20.3. The Bertz CT molecular complexity index is 375. The van der Waals surface area contributed by atoms with E-state index in [0.29, 0.717) is 0 Å². The summed E-state index contributed by atoms with van der Waals surface area (Å²) in [5.41, 5.74) is 1.40. The zero-order valence-corrected chi connectivity index (χ0v) is 12.4. The van der Waals surface area contributed by atoms with Gasteiger partial charge in [-0.3, -0.25) is 0 Å². The molecule has 0 aromatic carbocycles. The number of nitrogens with one attached hydrogen (secondary N) is 1. The largest absolute Gasteiger partial charge is 0.478 e. The molecule has 1 unspecified atom stereocenters. The van der Waals surface area contributed by atoms with Crippen LogP contribution in [0.1, 0.15) is 45.6 Å². The SMILES string of the molecule is CC(C)(C)c1ccc(OCCC2CCCNC2)nc1. The van der Waals surface area contributed by atoms with E-state index in [-0.39, 0.29) is 5.41 Å². The van der Waals surface area contributed by atoms with Gasteiger partial charge >= 0.3 is 0 Å². The van der Waals surface area contributed by atoms with Crippen molar-refractivity contribution in [2.45, 2.75) is 45.4 Å². The van der Waals surface area contributed by atoms with Gasteiger partial charge in [0.05, 0.1) is 6.61 Å². The number of hydrogen-bond acceptors (Lipinski definition) is 3. The van der Waals surface area contributed by atoms with Crippen LogP contribution in [0.2, 0.25) is 0 Å². The summed E-state index contributed by atoms with van der Waals surface area (Å²) in [6.07, 6.45) is 5.67. The molecule has 3 heteroatoms. The third-order valence-electron chi connectivity index (χ3n) is 3.78. The number of ether oxygens (including phenoxy) is 1. The van der Waals surface area contributed by atoms with E-state index >= 15 is 0 Å². The Hall–Kier alpha value is -1.09. The number of aromatic nitrogens is 1. The first kappa shape index (κ1) is 14.3. The summed E-state index contributed by atoms with van der Waals surface area (Å²) in [7, 11) is 0. The van der Waals surface area contributed by atoms with E-state index in [1.807, 2.05) is 12.3 Å². The molecule has 1 aliphatic heterocycles. The Morgan fingerprint density at radius 1 is 1.37 bits per heavy atom. The first-order chi connectivity index (χ1) is 9.05. The van der Waals surface area contributed by atoms with E-state index < -0.39 is 0 Å². The monoisotopic (exact) mass is 262 g/mol. The van der Waals surface area contributed by atoms with E-state index in [1.165, 1.54) is 24.9 Å². The van der Waals surface area contributed by atoms with E-state index in [2.05, 4.69) is 37.1 Å². The van der Waals surface area contributed by atoms with Crippen molar-refractivity contribution in [3.8, 4) is 5.88 Å². The molecule has 2 heterocycles. The van der Waals surface area contributed by atoms with Crippen molar-refractivity contribution < 1.29 is 4.74 Å². The second kappa shape index (κ2) is 6.38. The average Bonchev–Trinajstić information content (AvgIpc) is 2.39. The molecule has 0 amide bonds. The van der Waals surface area contributed by atoms with Crippen molar-refractivity contribution in [1.82, 2.24) is 10.3 Å². The highest BCUT2D eigenvalue weighted by Gasteiger charge is 2.15. The van der Waals surface area contributed by atoms with Crippen LogP contribution in [0, 0.1) is 5.92 Å². The molecule has 2 rings (SSSR count). The highest BCUT2D eigenvalue weighted by Crippen LogP contribution is 2.22. The molecule has 1 aliphatic rings. The van der Waals surface area contributed by atoms with Gasteiger partial charge in [0.2, 0.25) is 5.88 Å². The van der Waals surface area contributed by atoms with Gasteiger partial charge in [-0.2, -0.15) is 0 Å². The highest BCUT2D eigenvalue weighted by atomic mass is 16.5. The van der Waals surface area contributed by atoms with Gasteiger partial charge in [0.25, 0.3) is 0 Å². The number of nitrogens with zero attached hydrogens (tertiary/aromatic N) is 1. The van der Waals surface area contributed by atoms with Crippen LogP contribution >= 0.6 is 0 Å². The minimum Gasteiger partial charge on any atom is -0.478 e. The van der Waals surface area contributed by atoms with Gasteiger partial charge < -0.3 is 10.1 Å². The van der Waals surface area contributed by atoms with Crippen LogP contribution in [0.5, 0.6) is 5.88 Å². The van der Waals surface area contributed by atoms with Crippen molar-refractivity contribution >= 4 is 0 Å². The summed E-state index contributed by atoms with van der Waals surface area (Å²) in [5, 5.41) is 3.44. The molecule has 1 aromatic rings. The fraction of sp³-hybridized carbons (Fsp3) is 0.688. The van der Waals surface area contributed by atoms with Crippen LogP contribution in [-0.4, -0.2) is 24.7 Å². The van der Waals surface area contributed by atoms with Gasteiger partial charge in [-0.15, -0.1) is 0 Å². The van der Waals surface area contributed by atoms with Crippen molar-refractivity contribution in [3.05, 3.63) is 23.9 Å². The Balaban J connectivity index is 1.76. The van der Waals surface area contributed by atoms with E-state index in [9.17, 15) is 0 Å². The molecular weight excluding hydrogens is 236 g/mol. The highest BCUT2D eigenvalue weighted by molar-refractivity contribution is 5.23. The van der Waals surface area contributed by atoms with Crippen LogP contribution in [-0.2, 0) is 5.41 Å². The average molecular weight is 262 g/mol. The topological polar surface area (TPSA) is 34.1 Å².